The molecule has 0 aliphatic rings. The smallest absolute Gasteiger partial charge is 0.266 e. The van der Waals surface area contributed by atoms with Gasteiger partial charge >= 0.3 is 0 Å². The summed E-state index contributed by atoms with van der Waals surface area (Å²) in [5.41, 5.74) is 0.937. The lowest BCUT2D eigenvalue weighted by molar-refractivity contribution is 0.811. The van der Waals surface area contributed by atoms with E-state index in [0.29, 0.717) is 25.2 Å². The minimum Gasteiger partial charge on any atom is -0.266 e. The number of benzene rings is 2. The molecule has 0 unspecified atom stereocenters. The summed E-state index contributed by atoms with van der Waals surface area (Å²) >= 11 is 18.9. The fraction of sp³-hybridized carbons (Fsp3) is 0.0526. The van der Waals surface area contributed by atoms with Crippen LogP contribution in [-0.2, 0) is 6.42 Å². The molecule has 0 N–H and O–H groups in total. The van der Waals surface area contributed by atoms with Crippen molar-refractivity contribution in [2.75, 3.05) is 0 Å². The van der Waals surface area contributed by atoms with Crippen LogP contribution in [0.4, 0.5) is 0 Å². The fourth-order valence-electron chi connectivity index (χ4n) is 2.60. The van der Waals surface area contributed by atoms with E-state index in [1.807, 2.05) is 0 Å². The van der Waals surface area contributed by atoms with E-state index >= 15 is 0 Å². The topological polar surface area (TPSA) is 64.3 Å². The lowest BCUT2D eigenvalue weighted by atomic mass is 10.1. The molecule has 0 bridgehead atoms. The van der Waals surface area contributed by atoms with Crippen LogP contribution in [0.25, 0.3) is 11.0 Å². The lowest BCUT2D eigenvalue weighted by Crippen LogP contribution is -2.28. The van der Waals surface area contributed by atoms with Gasteiger partial charge in [-0.05, 0) is 41.5 Å². The number of hydrogen-bond donors (Lipinski definition) is 0. The van der Waals surface area contributed by atoms with Gasteiger partial charge in [-0.1, -0.05) is 64.3 Å². The molecule has 0 amide bonds. The maximum absolute atomic E-state index is 12.7. The van der Waals surface area contributed by atoms with Crippen molar-refractivity contribution in [2.45, 2.75) is 6.42 Å². The Labute approximate surface area is 177 Å². The molecule has 0 aliphatic carbocycles. The molecular formula is C19H10Cl3N3O2S. The van der Waals surface area contributed by atoms with E-state index in [2.05, 4.69) is 10.1 Å². The zero-order chi connectivity index (χ0) is 19.8. The number of thiazole rings is 1. The molecule has 9 heteroatoms. The Morgan fingerprint density at radius 3 is 2.46 bits per heavy atom. The first-order valence-corrected chi connectivity index (χ1v) is 10.00. The largest absolute Gasteiger partial charge is 0.296 e. The third kappa shape index (κ3) is 3.82. The predicted octanol–water partition coefficient (Wildman–Crippen LogP) is 3.61. The van der Waals surface area contributed by atoms with E-state index in [-0.39, 0.29) is 22.6 Å². The Kier molecular flexibility index (Phi) is 5.21. The van der Waals surface area contributed by atoms with Gasteiger partial charge in [0.2, 0.25) is 4.96 Å². The molecule has 0 spiro atoms. The molecular weight excluding hydrogens is 441 g/mol. The van der Waals surface area contributed by atoms with Gasteiger partial charge in [-0.15, -0.1) is 0 Å². The quantitative estimate of drug-likeness (QED) is 0.478. The van der Waals surface area contributed by atoms with Crippen molar-refractivity contribution < 1.29 is 0 Å². The van der Waals surface area contributed by atoms with Crippen molar-refractivity contribution >= 4 is 57.2 Å². The number of hydrogen-bond acceptors (Lipinski definition) is 5. The molecule has 0 aliphatic heterocycles. The van der Waals surface area contributed by atoms with Crippen molar-refractivity contribution in [3.8, 4) is 0 Å². The molecule has 140 valence electrons. The van der Waals surface area contributed by atoms with Gasteiger partial charge in [0, 0.05) is 11.4 Å². The van der Waals surface area contributed by atoms with Crippen LogP contribution in [0.2, 0.25) is 15.1 Å². The molecule has 0 radical (unpaired) electrons. The predicted molar refractivity (Wildman–Crippen MR) is 113 cm³/mol. The highest BCUT2D eigenvalue weighted by atomic mass is 35.5. The van der Waals surface area contributed by atoms with Crippen LogP contribution in [-0.4, -0.2) is 14.6 Å². The molecule has 0 saturated heterocycles. The zero-order valence-corrected chi connectivity index (χ0v) is 17.1. The Balaban J connectivity index is 1.79. The summed E-state index contributed by atoms with van der Waals surface area (Å²) in [5.74, 6) is 0. The first-order valence-electron chi connectivity index (χ1n) is 8.05. The minimum absolute atomic E-state index is 0.191. The molecule has 4 rings (SSSR count). The average Bonchev–Trinajstić information content (AvgIpc) is 2.95. The van der Waals surface area contributed by atoms with Crippen LogP contribution < -0.4 is 15.7 Å². The Hall–Kier alpha value is -2.25. The van der Waals surface area contributed by atoms with Crippen LogP contribution in [0.3, 0.4) is 0 Å². The van der Waals surface area contributed by atoms with E-state index in [0.717, 1.165) is 21.4 Å². The minimum atomic E-state index is -0.461. The average molecular weight is 451 g/mol. The number of aromatic nitrogens is 3. The summed E-state index contributed by atoms with van der Waals surface area (Å²) in [6, 6.07) is 12.1. The zero-order valence-electron chi connectivity index (χ0n) is 14.0. The lowest BCUT2D eigenvalue weighted by Gasteiger charge is -2.00. The number of rotatable bonds is 3. The third-order valence-corrected chi connectivity index (χ3v) is 5.93. The molecule has 28 heavy (non-hydrogen) atoms. The van der Waals surface area contributed by atoms with Crippen molar-refractivity contribution in [1.29, 1.82) is 0 Å². The Morgan fingerprint density at radius 2 is 1.75 bits per heavy atom. The van der Waals surface area contributed by atoms with Gasteiger partial charge in [0.1, 0.15) is 5.69 Å². The van der Waals surface area contributed by atoms with E-state index < -0.39 is 5.56 Å². The van der Waals surface area contributed by atoms with E-state index in [9.17, 15) is 9.59 Å². The van der Waals surface area contributed by atoms with Crippen molar-refractivity contribution in [3.63, 3.8) is 0 Å². The molecule has 4 aromatic rings. The second-order valence-electron chi connectivity index (χ2n) is 5.95. The van der Waals surface area contributed by atoms with Gasteiger partial charge < -0.3 is 0 Å². The molecule has 2 aromatic carbocycles. The third-order valence-electron chi connectivity index (χ3n) is 3.98. The maximum atomic E-state index is 12.7. The standard InChI is InChI=1S/C19H10Cl3N3O2S/c20-12-4-1-10(2-5-12)8-15-17(26)23-19-25(24-15)18(27)16(28-19)9-11-3-6-13(21)14(22)7-11/h1-7,9H,8H2. The van der Waals surface area contributed by atoms with Crippen molar-refractivity contribution in [1.82, 2.24) is 14.6 Å². The van der Waals surface area contributed by atoms with Crippen LogP contribution >= 0.6 is 46.1 Å². The molecule has 0 saturated carbocycles. The SMILES string of the molecule is O=c1nc2sc(=Cc3ccc(Cl)c(Cl)c3)c(=O)n2nc1Cc1ccc(Cl)cc1. The van der Waals surface area contributed by atoms with E-state index in [4.69, 9.17) is 34.8 Å². The van der Waals surface area contributed by atoms with Gasteiger partial charge in [-0.3, -0.25) is 9.59 Å². The molecule has 0 fully saturated rings. The normalized spacial score (nSPS) is 12.0. The van der Waals surface area contributed by atoms with Crippen molar-refractivity contribution in [3.05, 3.63) is 99.6 Å². The number of halogens is 3. The van der Waals surface area contributed by atoms with Crippen LogP contribution in [0.1, 0.15) is 16.8 Å². The fourth-order valence-corrected chi connectivity index (χ4v) is 3.94. The summed E-state index contributed by atoms with van der Waals surface area (Å²) in [6.45, 7) is 0. The van der Waals surface area contributed by atoms with Gasteiger partial charge in [-0.2, -0.15) is 14.6 Å². The van der Waals surface area contributed by atoms with Gasteiger partial charge in [0.15, 0.2) is 0 Å². The van der Waals surface area contributed by atoms with Gasteiger partial charge in [-0.25, -0.2) is 0 Å². The Morgan fingerprint density at radius 1 is 1.00 bits per heavy atom. The summed E-state index contributed by atoms with van der Waals surface area (Å²) in [6.07, 6.45) is 1.92. The van der Waals surface area contributed by atoms with E-state index in [1.54, 1.807) is 48.5 Å². The van der Waals surface area contributed by atoms with Gasteiger partial charge in [0.05, 0.1) is 14.6 Å². The maximum Gasteiger partial charge on any atom is 0.296 e. The second-order valence-corrected chi connectivity index (χ2v) is 8.21. The first-order chi connectivity index (χ1) is 13.4. The van der Waals surface area contributed by atoms with Crippen LogP contribution in [0.5, 0.6) is 0 Å². The highest BCUT2D eigenvalue weighted by molar-refractivity contribution is 7.15. The summed E-state index contributed by atoms with van der Waals surface area (Å²) in [7, 11) is 0. The Bertz CT molecular complexity index is 1360. The van der Waals surface area contributed by atoms with Crippen LogP contribution in [0.15, 0.2) is 52.1 Å². The molecule has 5 nitrogen and oxygen atoms in total. The van der Waals surface area contributed by atoms with E-state index in [1.165, 1.54) is 0 Å². The molecule has 2 aromatic heterocycles. The summed E-state index contributed by atoms with van der Waals surface area (Å²) in [5, 5.41) is 5.64. The molecule has 2 heterocycles. The summed E-state index contributed by atoms with van der Waals surface area (Å²) < 4.78 is 1.54. The van der Waals surface area contributed by atoms with Crippen molar-refractivity contribution in [2.24, 2.45) is 0 Å². The van der Waals surface area contributed by atoms with Gasteiger partial charge in [0.25, 0.3) is 11.1 Å². The summed E-state index contributed by atoms with van der Waals surface area (Å²) in [4.78, 5) is 29.3. The first kappa shape index (κ1) is 19.1. The molecule has 0 atom stereocenters. The highest BCUT2D eigenvalue weighted by Crippen LogP contribution is 2.22. The number of nitrogens with zero attached hydrogens (tertiary/aromatic N) is 3. The monoisotopic (exact) mass is 449 g/mol. The second kappa shape index (κ2) is 7.64. The highest BCUT2D eigenvalue weighted by Gasteiger charge is 2.12. The van der Waals surface area contributed by atoms with Crippen LogP contribution in [0, 0.1) is 0 Å². The number of fused-ring (bicyclic) bond motifs is 1.